The van der Waals surface area contributed by atoms with Crippen LogP contribution in [0.5, 0.6) is 0 Å². The molecule has 0 bridgehead atoms. The van der Waals surface area contributed by atoms with Crippen LogP contribution < -0.4 is 16.6 Å². The Morgan fingerprint density at radius 3 is 2.82 bits per heavy atom. The lowest BCUT2D eigenvalue weighted by atomic mass is 9.67. The second-order valence-electron chi connectivity index (χ2n) is 4.60. The van der Waals surface area contributed by atoms with Gasteiger partial charge in [0.2, 0.25) is 5.95 Å². The largest absolute Gasteiger partial charge is 0.368 e. The van der Waals surface area contributed by atoms with Gasteiger partial charge in [-0.3, -0.25) is 5.43 Å². The average Bonchev–Trinajstić information content (AvgIpc) is 2.30. The Bertz CT molecular complexity index is 386. The summed E-state index contributed by atoms with van der Waals surface area (Å²) in [5.74, 6) is 6.52. The van der Waals surface area contributed by atoms with Gasteiger partial charge in [-0.1, -0.05) is 13.3 Å². The van der Waals surface area contributed by atoms with Crippen molar-refractivity contribution in [3.63, 3.8) is 0 Å². The van der Waals surface area contributed by atoms with Crippen molar-refractivity contribution in [1.82, 2.24) is 9.97 Å². The Morgan fingerprint density at radius 2 is 2.29 bits per heavy atom. The first-order valence-electron chi connectivity index (χ1n) is 5.92. The molecule has 0 radical (unpaired) electrons. The second kappa shape index (κ2) is 5.18. The van der Waals surface area contributed by atoms with Gasteiger partial charge in [-0.2, -0.15) is 4.98 Å². The van der Waals surface area contributed by atoms with E-state index in [1.165, 1.54) is 25.7 Å². The molecular weight excluding hydrogens is 282 g/mol. The fourth-order valence-electron chi connectivity index (χ4n) is 2.16. The van der Waals surface area contributed by atoms with Crippen LogP contribution in [-0.4, -0.2) is 16.5 Å². The quantitative estimate of drug-likeness (QED) is 0.575. The third-order valence-electron chi connectivity index (χ3n) is 3.67. The summed E-state index contributed by atoms with van der Waals surface area (Å²) < 4.78 is 0.863. The molecule has 1 aromatic rings. The minimum atomic E-state index is 0.426. The molecule has 4 N–H and O–H groups in total. The fourth-order valence-corrected chi connectivity index (χ4v) is 2.50. The molecule has 5 nitrogen and oxygen atoms in total. The van der Waals surface area contributed by atoms with Crippen molar-refractivity contribution in [2.24, 2.45) is 11.3 Å². The fraction of sp³-hybridized carbons (Fsp3) is 0.636. The molecule has 0 aliphatic heterocycles. The summed E-state index contributed by atoms with van der Waals surface area (Å²) in [6.45, 7) is 3.21. The lowest BCUT2D eigenvalue weighted by molar-refractivity contribution is 0.145. The maximum Gasteiger partial charge on any atom is 0.239 e. The predicted octanol–water partition coefficient (Wildman–Crippen LogP) is 2.52. The third-order valence-corrected chi connectivity index (χ3v) is 4.25. The van der Waals surface area contributed by atoms with Gasteiger partial charge in [-0.05, 0) is 40.6 Å². The molecule has 17 heavy (non-hydrogen) atoms. The number of nitrogens with one attached hydrogen (secondary N) is 2. The van der Waals surface area contributed by atoms with Crippen LogP contribution in [0, 0.1) is 5.41 Å². The van der Waals surface area contributed by atoms with E-state index in [1.54, 1.807) is 6.20 Å². The van der Waals surface area contributed by atoms with Gasteiger partial charge in [0.15, 0.2) is 0 Å². The number of nitrogen functional groups attached to an aromatic ring is 1. The van der Waals surface area contributed by atoms with Crippen LogP contribution in [0.15, 0.2) is 10.7 Å². The van der Waals surface area contributed by atoms with Gasteiger partial charge < -0.3 is 5.32 Å². The number of halogens is 1. The smallest absolute Gasteiger partial charge is 0.239 e. The zero-order valence-corrected chi connectivity index (χ0v) is 11.5. The topological polar surface area (TPSA) is 75.9 Å². The van der Waals surface area contributed by atoms with Crippen molar-refractivity contribution in [3.05, 3.63) is 10.7 Å². The van der Waals surface area contributed by atoms with E-state index >= 15 is 0 Å². The van der Waals surface area contributed by atoms with Crippen LogP contribution in [0.1, 0.15) is 32.6 Å². The van der Waals surface area contributed by atoms with E-state index < -0.39 is 0 Å². The van der Waals surface area contributed by atoms with Gasteiger partial charge in [-0.15, -0.1) is 0 Å². The first-order chi connectivity index (χ1) is 8.19. The molecular formula is C11H18BrN5. The van der Waals surface area contributed by atoms with Gasteiger partial charge in [0.25, 0.3) is 0 Å². The Kier molecular flexibility index (Phi) is 3.83. The average molecular weight is 300 g/mol. The van der Waals surface area contributed by atoms with Gasteiger partial charge in [0.05, 0.1) is 4.47 Å². The zero-order chi connectivity index (χ0) is 12.3. The van der Waals surface area contributed by atoms with Crippen molar-refractivity contribution >= 4 is 27.7 Å². The van der Waals surface area contributed by atoms with Gasteiger partial charge >= 0.3 is 0 Å². The minimum Gasteiger partial charge on any atom is -0.368 e. The van der Waals surface area contributed by atoms with E-state index in [2.05, 4.69) is 43.6 Å². The highest BCUT2D eigenvalue weighted by Gasteiger charge is 2.34. The highest BCUT2D eigenvalue weighted by molar-refractivity contribution is 9.10. The summed E-state index contributed by atoms with van der Waals surface area (Å²) in [6.07, 6.45) is 6.87. The van der Waals surface area contributed by atoms with E-state index in [9.17, 15) is 0 Å². The lowest BCUT2D eigenvalue weighted by Gasteiger charge is -2.41. The SMILES string of the molecule is CCC1(CNc2nc(NN)ncc2Br)CCC1. The number of nitrogens with two attached hydrogens (primary N) is 1. The zero-order valence-electron chi connectivity index (χ0n) is 9.96. The van der Waals surface area contributed by atoms with E-state index in [0.717, 1.165) is 16.8 Å². The molecule has 1 aliphatic rings. The summed E-state index contributed by atoms with van der Waals surface area (Å²) in [6, 6.07) is 0. The maximum absolute atomic E-state index is 5.30. The van der Waals surface area contributed by atoms with Crippen molar-refractivity contribution in [2.45, 2.75) is 32.6 Å². The van der Waals surface area contributed by atoms with Crippen LogP contribution in [0.25, 0.3) is 0 Å². The van der Waals surface area contributed by atoms with Crippen LogP contribution in [0.4, 0.5) is 11.8 Å². The first kappa shape index (κ1) is 12.6. The van der Waals surface area contributed by atoms with Crippen molar-refractivity contribution in [2.75, 3.05) is 17.3 Å². The lowest BCUT2D eigenvalue weighted by Crippen LogP contribution is -2.36. The number of hydrogen-bond acceptors (Lipinski definition) is 5. The number of hydrazine groups is 1. The van der Waals surface area contributed by atoms with E-state index in [4.69, 9.17) is 5.84 Å². The molecule has 0 amide bonds. The van der Waals surface area contributed by atoms with E-state index in [0.29, 0.717) is 11.4 Å². The van der Waals surface area contributed by atoms with Crippen LogP contribution in [0.3, 0.4) is 0 Å². The summed E-state index contributed by atoms with van der Waals surface area (Å²) >= 11 is 3.43. The molecule has 1 heterocycles. The van der Waals surface area contributed by atoms with Crippen LogP contribution in [0.2, 0.25) is 0 Å². The molecule has 0 atom stereocenters. The number of aromatic nitrogens is 2. The van der Waals surface area contributed by atoms with Gasteiger partial charge in [0, 0.05) is 12.7 Å². The van der Waals surface area contributed by atoms with Crippen LogP contribution in [-0.2, 0) is 0 Å². The predicted molar refractivity (Wildman–Crippen MR) is 72.6 cm³/mol. The Hall–Kier alpha value is -0.880. The molecule has 6 heteroatoms. The Morgan fingerprint density at radius 1 is 1.53 bits per heavy atom. The molecule has 1 aliphatic carbocycles. The number of anilines is 2. The summed E-state index contributed by atoms with van der Waals surface area (Å²) in [5.41, 5.74) is 2.91. The van der Waals surface area contributed by atoms with E-state index in [-0.39, 0.29) is 0 Å². The monoisotopic (exact) mass is 299 g/mol. The standard InChI is InChI=1S/C11H18BrN5/c1-2-11(4-3-5-11)7-15-9-8(12)6-14-10(16-9)17-13/h6H,2-5,7,13H2,1H3,(H2,14,15,16,17). The second-order valence-corrected chi connectivity index (χ2v) is 5.45. The summed E-state index contributed by atoms with van der Waals surface area (Å²) in [4.78, 5) is 8.30. The molecule has 94 valence electrons. The van der Waals surface area contributed by atoms with Gasteiger partial charge in [0.1, 0.15) is 5.82 Å². The highest BCUT2D eigenvalue weighted by Crippen LogP contribution is 2.43. The molecule has 0 unspecified atom stereocenters. The van der Waals surface area contributed by atoms with Crippen molar-refractivity contribution in [3.8, 4) is 0 Å². The molecule has 1 saturated carbocycles. The normalized spacial score (nSPS) is 17.4. The minimum absolute atomic E-state index is 0.426. The molecule has 2 rings (SSSR count). The van der Waals surface area contributed by atoms with Crippen molar-refractivity contribution in [1.29, 1.82) is 0 Å². The first-order valence-corrected chi connectivity index (χ1v) is 6.71. The molecule has 1 fully saturated rings. The third kappa shape index (κ3) is 2.69. The number of nitrogens with zero attached hydrogens (tertiary/aromatic N) is 2. The molecule has 0 aromatic carbocycles. The molecule has 0 saturated heterocycles. The maximum atomic E-state index is 5.30. The van der Waals surface area contributed by atoms with Crippen molar-refractivity contribution < 1.29 is 0 Å². The summed E-state index contributed by atoms with van der Waals surface area (Å²) in [7, 11) is 0. The molecule has 1 aromatic heterocycles. The molecule has 0 spiro atoms. The highest BCUT2D eigenvalue weighted by atomic mass is 79.9. The number of hydrogen-bond donors (Lipinski definition) is 3. The summed E-state index contributed by atoms with van der Waals surface area (Å²) in [5, 5.41) is 3.39. The van der Waals surface area contributed by atoms with E-state index in [1.807, 2.05) is 0 Å². The Labute approximate surface area is 110 Å². The number of rotatable bonds is 5. The van der Waals surface area contributed by atoms with Gasteiger partial charge in [-0.25, -0.2) is 10.8 Å². The van der Waals surface area contributed by atoms with Crippen LogP contribution >= 0.6 is 15.9 Å². The Balaban J connectivity index is 2.02.